The fourth-order valence-electron chi connectivity index (χ4n) is 0.925. The molecule has 6 heteroatoms. The molecule has 0 radical (unpaired) electrons. The van der Waals surface area contributed by atoms with Crippen LogP contribution in [0.1, 0.15) is 10.4 Å². The molecule has 0 aliphatic heterocycles. The van der Waals surface area contributed by atoms with Crippen LogP contribution in [-0.2, 0) is 10.0 Å². The number of hydrogen-bond acceptors (Lipinski definition) is 3. The highest BCUT2D eigenvalue weighted by molar-refractivity contribution is 7.88. The van der Waals surface area contributed by atoms with Gasteiger partial charge in [0.2, 0.25) is 10.0 Å². The maximum absolute atomic E-state index is 11.6. The molecule has 0 N–H and O–H groups in total. The second kappa shape index (κ2) is 4.20. The van der Waals surface area contributed by atoms with Crippen molar-refractivity contribution in [3.63, 3.8) is 0 Å². The quantitative estimate of drug-likeness (QED) is 0.793. The Labute approximate surface area is 93.5 Å². The van der Waals surface area contributed by atoms with E-state index in [1.165, 1.54) is 31.3 Å². The van der Waals surface area contributed by atoms with Gasteiger partial charge in [0.15, 0.2) is 0 Å². The largest absolute Gasteiger partial charge is 0.268 e. The van der Waals surface area contributed by atoms with Crippen LogP contribution in [0.3, 0.4) is 0 Å². The molecule has 0 aliphatic rings. The minimum absolute atomic E-state index is 0.285. The standard InChI is InChI=1S/C9H10ClNO3S/c1-11(15(2,13)14)9(12)7-3-5-8(10)6-4-7/h3-6H,1-2H3. The lowest BCUT2D eigenvalue weighted by Gasteiger charge is -2.14. The Bertz CT molecular complexity index is 467. The number of rotatable bonds is 2. The van der Waals surface area contributed by atoms with Crippen LogP contribution in [0.2, 0.25) is 5.02 Å². The van der Waals surface area contributed by atoms with Crippen LogP contribution in [0.4, 0.5) is 0 Å². The zero-order valence-corrected chi connectivity index (χ0v) is 9.84. The second-order valence-electron chi connectivity index (χ2n) is 3.04. The van der Waals surface area contributed by atoms with Gasteiger partial charge in [-0.1, -0.05) is 11.6 Å². The van der Waals surface area contributed by atoms with Crippen molar-refractivity contribution in [2.75, 3.05) is 13.3 Å². The number of sulfonamides is 1. The lowest BCUT2D eigenvalue weighted by molar-refractivity contribution is 0.0884. The first kappa shape index (κ1) is 12.0. The highest BCUT2D eigenvalue weighted by Crippen LogP contribution is 2.12. The molecule has 0 heterocycles. The molecule has 0 fully saturated rings. The lowest BCUT2D eigenvalue weighted by atomic mass is 10.2. The summed E-state index contributed by atoms with van der Waals surface area (Å²) in [5.74, 6) is -0.575. The molecule has 0 bridgehead atoms. The molecule has 4 nitrogen and oxygen atoms in total. The molecule has 0 atom stereocenters. The monoisotopic (exact) mass is 247 g/mol. The summed E-state index contributed by atoms with van der Waals surface area (Å²) >= 11 is 5.64. The van der Waals surface area contributed by atoms with Crippen LogP contribution in [0.5, 0.6) is 0 Å². The summed E-state index contributed by atoms with van der Waals surface area (Å²) in [6, 6.07) is 6.02. The fourth-order valence-corrected chi connectivity index (χ4v) is 1.46. The molecule has 0 saturated carbocycles. The Morgan fingerprint density at radius 3 is 2.13 bits per heavy atom. The summed E-state index contributed by atoms with van der Waals surface area (Å²) in [4.78, 5) is 11.6. The van der Waals surface area contributed by atoms with Crippen LogP contribution in [0.25, 0.3) is 0 Å². The van der Waals surface area contributed by atoms with E-state index in [1.807, 2.05) is 0 Å². The van der Waals surface area contributed by atoms with E-state index >= 15 is 0 Å². The topological polar surface area (TPSA) is 54.5 Å². The van der Waals surface area contributed by atoms with E-state index in [4.69, 9.17) is 11.6 Å². The van der Waals surface area contributed by atoms with Gasteiger partial charge in [0, 0.05) is 17.6 Å². The van der Waals surface area contributed by atoms with Crippen molar-refractivity contribution in [3.05, 3.63) is 34.9 Å². The molecule has 0 unspecified atom stereocenters. The van der Waals surface area contributed by atoms with E-state index in [9.17, 15) is 13.2 Å². The SMILES string of the molecule is CN(C(=O)c1ccc(Cl)cc1)S(C)(=O)=O. The van der Waals surface area contributed by atoms with Gasteiger partial charge in [0.05, 0.1) is 6.26 Å². The van der Waals surface area contributed by atoms with Gasteiger partial charge >= 0.3 is 0 Å². The van der Waals surface area contributed by atoms with Crippen molar-refractivity contribution >= 4 is 27.5 Å². The first-order valence-corrected chi connectivity index (χ1v) is 6.29. The number of hydrogen-bond donors (Lipinski definition) is 0. The maximum Gasteiger partial charge on any atom is 0.267 e. The lowest BCUT2D eigenvalue weighted by Crippen LogP contribution is -2.32. The Morgan fingerprint density at radius 1 is 1.27 bits per heavy atom. The van der Waals surface area contributed by atoms with Crippen LogP contribution >= 0.6 is 11.6 Å². The maximum atomic E-state index is 11.6. The summed E-state index contributed by atoms with van der Waals surface area (Å²) in [6.07, 6.45) is 0.973. The predicted octanol–water partition coefficient (Wildman–Crippen LogP) is 1.37. The minimum Gasteiger partial charge on any atom is -0.268 e. The molecule has 1 rings (SSSR count). The van der Waals surface area contributed by atoms with Crippen molar-refractivity contribution in [3.8, 4) is 0 Å². The van der Waals surface area contributed by atoms with E-state index in [-0.39, 0.29) is 5.56 Å². The number of amides is 1. The van der Waals surface area contributed by atoms with Crippen molar-refractivity contribution < 1.29 is 13.2 Å². The van der Waals surface area contributed by atoms with Gasteiger partial charge in [0.25, 0.3) is 5.91 Å². The van der Waals surface area contributed by atoms with Gasteiger partial charge in [-0.3, -0.25) is 4.79 Å². The molecule has 1 aromatic rings. The third kappa shape index (κ3) is 2.94. The summed E-state index contributed by atoms with van der Waals surface area (Å²) in [5.41, 5.74) is 0.285. The third-order valence-corrected chi connectivity index (χ3v) is 3.29. The van der Waals surface area contributed by atoms with Crippen LogP contribution in [0.15, 0.2) is 24.3 Å². The minimum atomic E-state index is -3.51. The summed E-state index contributed by atoms with van der Waals surface area (Å²) < 4.78 is 22.9. The third-order valence-electron chi connectivity index (χ3n) is 1.87. The zero-order chi connectivity index (χ0) is 11.6. The fraction of sp³-hybridized carbons (Fsp3) is 0.222. The molecular formula is C9H10ClNO3S. The van der Waals surface area contributed by atoms with Crippen molar-refractivity contribution in [1.82, 2.24) is 4.31 Å². The normalized spacial score (nSPS) is 11.1. The van der Waals surface area contributed by atoms with Crippen LogP contribution in [-0.4, -0.2) is 31.9 Å². The molecule has 0 aromatic heterocycles. The Balaban J connectivity index is 3.01. The van der Waals surface area contributed by atoms with E-state index in [0.29, 0.717) is 9.33 Å². The van der Waals surface area contributed by atoms with Gasteiger partial charge in [-0.25, -0.2) is 12.7 Å². The van der Waals surface area contributed by atoms with Crippen molar-refractivity contribution in [2.45, 2.75) is 0 Å². The van der Waals surface area contributed by atoms with Gasteiger partial charge in [-0.15, -0.1) is 0 Å². The molecule has 82 valence electrons. The highest BCUT2D eigenvalue weighted by Gasteiger charge is 2.19. The smallest absolute Gasteiger partial charge is 0.267 e. The van der Waals surface area contributed by atoms with E-state index < -0.39 is 15.9 Å². The molecular weight excluding hydrogens is 238 g/mol. The first-order valence-electron chi connectivity index (χ1n) is 4.06. The average molecular weight is 248 g/mol. The summed E-state index contributed by atoms with van der Waals surface area (Å²) in [6.45, 7) is 0. The van der Waals surface area contributed by atoms with E-state index in [1.54, 1.807) is 0 Å². The Hall–Kier alpha value is -1.07. The van der Waals surface area contributed by atoms with Gasteiger partial charge < -0.3 is 0 Å². The first-order chi connectivity index (χ1) is 6.82. The predicted molar refractivity (Wildman–Crippen MR) is 58.4 cm³/mol. The number of carbonyl (C=O) groups excluding carboxylic acids is 1. The second-order valence-corrected chi connectivity index (χ2v) is 5.49. The molecule has 0 aliphatic carbocycles. The number of benzene rings is 1. The molecule has 15 heavy (non-hydrogen) atoms. The van der Waals surface area contributed by atoms with E-state index in [2.05, 4.69) is 0 Å². The van der Waals surface area contributed by atoms with Crippen LogP contribution < -0.4 is 0 Å². The van der Waals surface area contributed by atoms with Gasteiger partial charge in [-0.2, -0.15) is 0 Å². The van der Waals surface area contributed by atoms with Gasteiger partial charge in [-0.05, 0) is 24.3 Å². The Kier molecular flexibility index (Phi) is 3.36. The van der Waals surface area contributed by atoms with Crippen molar-refractivity contribution in [1.29, 1.82) is 0 Å². The van der Waals surface area contributed by atoms with Gasteiger partial charge in [0.1, 0.15) is 0 Å². The van der Waals surface area contributed by atoms with Crippen LogP contribution in [0, 0.1) is 0 Å². The number of nitrogens with zero attached hydrogens (tertiary/aromatic N) is 1. The highest BCUT2D eigenvalue weighted by atomic mass is 35.5. The number of halogens is 1. The average Bonchev–Trinajstić information content (AvgIpc) is 2.15. The molecule has 1 amide bonds. The summed E-state index contributed by atoms with van der Waals surface area (Å²) in [7, 11) is -2.29. The van der Waals surface area contributed by atoms with E-state index in [0.717, 1.165) is 6.26 Å². The number of carbonyl (C=O) groups is 1. The molecule has 1 aromatic carbocycles. The zero-order valence-electron chi connectivity index (χ0n) is 8.27. The molecule has 0 spiro atoms. The molecule has 0 saturated heterocycles. The van der Waals surface area contributed by atoms with Crippen molar-refractivity contribution in [2.24, 2.45) is 0 Å². The Morgan fingerprint density at radius 2 is 1.73 bits per heavy atom. The summed E-state index contributed by atoms with van der Waals surface area (Å²) in [5, 5.41) is 0.494.